The summed E-state index contributed by atoms with van der Waals surface area (Å²) < 4.78 is 10.9. The predicted octanol–water partition coefficient (Wildman–Crippen LogP) is 3.77. The van der Waals surface area contributed by atoms with Crippen molar-refractivity contribution < 1.29 is 14.1 Å². The van der Waals surface area contributed by atoms with Gasteiger partial charge in [-0.25, -0.2) is 0 Å². The summed E-state index contributed by atoms with van der Waals surface area (Å²) in [5.41, 5.74) is 1.31. The number of carbonyl (C=O) groups is 1. The Labute approximate surface area is 172 Å². The van der Waals surface area contributed by atoms with Gasteiger partial charge in [0.25, 0.3) is 0 Å². The van der Waals surface area contributed by atoms with E-state index in [0.717, 1.165) is 83.0 Å². The van der Waals surface area contributed by atoms with Crippen LogP contribution in [0.3, 0.4) is 0 Å². The van der Waals surface area contributed by atoms with E-state index >= 15 is 0 Å². The number of carbonyl (C=O) groups excluding carboxylic acids is 1. The summed E-state index contributed by atoms with van der Waals surface area (Å²) in [6, 6.07) is 10.4. The molecular weight excluding hydrogens is 366 g/mol. The topological polar surface area (TPSA) is 68.5 Å². The molecule has 0 aliphatic carbocycles. The van der Waals surface area contributed by atoms with Gasteiger partial charge in [0, 0.05) is 45.1 Å². The van der Waals surface area contributed by atoms with Gasteiger partial charge in [-0.1, -0.05) is 35.5 Å². The molecule has 0 spiro atoms. The Bertz CT molecular complexity index is 771. The van der Waals surface area contributed by atoms with Gasteiger partial charge in [0.2, 0.25) is 11.8 Å². The number of benzene rings is 1. The molecule has 29 heavy (non-hydrogen) atoms. The first-order valence-corrected chi connectivity index (χ1v) is 11.0. The van der Waals surface area contributed by atoms with Gasteiger partial charge in [-0.2, -0.15) is 4.98 Å². The SMILES string of the molecule is O=C(CCCc1ccccc1)N1CCC(CCc2noc(C3CCOCC3)n2)C1. The quantitative estimate of drug-likeness (QED) is 0.678. The fraction of sp³-hybridized carbons (Fsp3) is 0.609. The maximum absolute atomic E-state index is 12.5. The Morgan fingerprint density at radius 3 is 2.76 bits per heavy atom. The van der Waals surface area contributed by atoms with Crippen molar-refractivity contribution in [3.05, 3.63) is 47.6 Å². The standard InChI is InChI=1S/C23H31N3O3/c27-22(8-4-7-18-5-2-1-3-6-18)26-14-11-19(17-26)9-10-21-24-23(29-25-21)20-12-15-28-16-13-20/h1-3,5-6,19-20H,4,7-17H2. The second kappa shape index (κ2) is 10.0. The van der Waals surface area contributed by atoms with Gasteiger partial charge in [0.15, 0.2) is 5.82 Å². The van der Waals surface area contributed by atoms with Gasteiger partial charge >= 0.3 is 0 Å². The molecule has 0 radical (unpaired) electrons. The molecule has 0 bridgehead atoms. The number of hydrogen-bond acceptors (Lipinski definition) is 5. The summed E-state index contributed by atoms with van der Waals surface area (Å²) in [5.74, 6) is 2.76. The lowest BCUT2D eigenvalue weighted by Crippen LogP contribution is -2.28. The van der Waals surface area contributed by atoms with E-state index in [-0.39, 0.29) is 0 Å². The van der Waals surface area contributed by atoms with Crippen molar-refractivity contribution in [2.75, 3.05) is 26.3 Å². The number of ether oxygens (including phenoxy) is 1. The van der Waals surface area contributed by atoms with Gasteiger partial charge in [0.1, 0.15) is 0 Å². The van der Waals surface area contributed by atoms with Gasteiger partial charge in [-0.15, -0.1) is 0 Å². The summed E-state index contributed by atoms with van der Waals surface area (Å²) in [6.07, 6.45) is 7.38. The van der Waals surface area contributed by atoms with Crippen LogP contribution in [-0.2, 0) is 22.4 Å². The molecule has 0 N–H and O–H groups in total. The Balaban J connectivity index is 1.16. The van der Waals surface area contributed by atoms with E-state index in [2.05, 4.69) is 34.4 Å². The number of rotatable bonds is 8. The highest BCUT2D eigenvalue weighted by molar-refractivity contribution is 5.76. The van der Waals surface area contributed by atoms with E-state index in [1.807, 2.05) is 11.0 Å². The van der Waals surface area contributed by atoms with E-state index < -0.39 is 0 Å². The molecule has 3 heterocycles. The molecule has 1 unspecified atom stereocenters. The van der Waals surface area contributed by atoms with Crippen molar-refractivity contribution in [1.82, 2.24) is 15.0 Å². The number of amides is 1. The zero-order chi connectivity index (χ0) is 19.9. The van der Waals surface area contributed by atoms with Crippen LogP contribution < -0.4 is 0 Å². The van der Waals surface area contributed by atoms with E-state index in [0.29, 0.717) is 24.2 Å². The number of nitrogens with zero attached hydrogens (tertiary/aromatic N) is 3. The van der Waals surface area contributed by atoms with Crippen LogP contribution in [0.1, 0.15) is 61.7 Å². The summed E-state index contributed by atoms with van der Waals surface area (Å²) in [7, 11) is 0. The normalized spacial score (nSPS) is 20.3. The van der Waals surface area contributed by atoms with Crippen LogP contribution in [0.4, 0.5) is 0 Å². The van der Waals surface area contributed by atoms with Crippen molar-refractivity contribution >= 4 is 5.91 Å². The van der Waals surface area contributed by atoms with Crippen LogP contribution in [-0.4, -0.2) is 47.3 Å². The van der Waals surface area contributed by atoms with Gasteiger partial charge < -0.3 is 14.2 Å². The zero-order valence-corrected chi connectivity index (χ0v) is 17.1. The fourth-order valence-corrected chi connectivity index (χ4v) is 4.35. The largest absolute Gasteiger partial charge is 0.381 e. The van der Waals surface area contributed by atoms with E-state index in [1.165, 1.54) is 5.56 Å². The highest BCUT2D eigenvalue weighted by Crippen LogP contribution is 2.26. The third-order valence-electron chi connectivity index (χ3n) is 6.17. The molecule has 1 atom stereocenters. The maximum Gasteiger partial charge on any atom is 0.229 e. The van der Waals surface area contributed by atoms with E-state index in [9.17, 15) is 4.79 Å². The van der Waals surface area contributed by atoms with E-state index in [1.54, 1.807) is 0 Å². The average Bonchev–Trinajstić information content (AvgIpc) is 3.43. The van der Waals surface area contributed by atoms with Crippen LogP contribution in [0.15, 0.2) is 34.9 Å². The smallest absolute Gasteiger partial charge is 0.229 e. The van der Waals surface area contributed by atoms with Crippen molar-refractivity contribution in [2.45, 2.75) is 57.3 Å². The van der Waals surface area contributed by atoms with Crippen LogP contribution in [0.2, 0.25) is 0 Å². The highest BCUT2D eigenvalue weighted by atomic mass is 16.5. The maximum atomic E-state index is 12.5. The number of aromatic nitrogens is 2. The minimum atomic E-state index is 0.296. The first kappa shape index (κ1) is 20.1. The molecule has 6 heteroatoms. The predicted molar refractivity (Wildman–Crippen MR) is 109 cm³/mol. The third kappa shape index (κ3) is 5.66. The molecule has 1 aromatic heterocycles. The van der Waals surface area contributed by atoms with Crippen LogP contribution in [0.25, 0.3) is 0 Å². The molecule has 1 aromatic carbocycles. The van der Waals surface area contributed by atoms with Crippen LogP contribution >= 0.6 is 0 Å². The molecule has 2 aliphatic rings. The Kier molecular flexibility index (Phi) is 6.93. The molecule has 2 saturated heterocycles. The van der Waals surface area contributed by atoms with Gasteiger partial charge in [-0.05, 0) is 50.0 Å². The lowest BCUT2D eigenvalue weighted by Gasteiger charge is -2.18. The lowest BCUT2D eigenvalue weighted by molar-refractivity contribution is -0.130. The minimum absolute atomic E-state index is 0.296. The molecule has 2 aromatic rings. The number of likely N-dealkylation sites (tertiary alicyclic amines) is 1. The Morgan fingerprint density at radius 2 is 1.93 bits per heavy atom. The third-order valence-corrected chi connectivity index (χ3v) is 6.17. The number of hydrogen-bond donors (Lipinski definition) is 0. The van der Waals surface area contributed by atoms with Crippen molar-refractivity contribution in [3.63, 3.8) is 0 Å². The van der Waals surface area contributed by atoms with Crippen LogP contribution in [0, 0.1) is 5.92 Å². The second-order valence-corrected chi connectivity index (χ2v) is 8.31. The summed E-state index contributed by atoms with van der Waals surface area (Å²) in [4.78, 5) is 19.2. The van der Waals surface area contributed by atoms with Gasteiger partial charge in [0.05, 0.1) is 0 Å². The molecular formula is C23H31N3O3. The molecule has 4 rings (SSSR count). The zero-order valence-electron chi connectivity index (χ0n) is 17.1. The van der Waals surface area contributed by atoms with Crippen molar-refractivity contribution in [1.29, 1.82) is 0 Å². The number of aryl methyl sites for hydroxylation is 2. The molecule has 0 saturated carbocycles. The average molecular weight is 398 g/mol. The first-order chi connectivity index (χ1) is 14.3. The molecule has 6 nitrogen and oxygen atoms in total. The molecule has 156 valence electrons. The molecule has 2 fully saturated rings. The first-order valence-electron chi connectivity index (χ1n) is 11.0. The monoisotopic (exact) mass is 397 g/mol. The van der Waals surface area contributed by atoms with E-state index in [4.69, 9.17) is 9.26 Å². The highest BCUT2D eigenvalue weighted by Gasteiger charge is 2.27. The molecule has 2 aliphatic heterocycles. The van der Waals surface area contributed by atoms with Crippen LogP contribution in [0.5, 0.6) is 0 Å². The summed E-state index contributed by atoms with van der Waals surface area (Å²) in [5, 5.41) is 4.17. The Hall–Kier alpha value is -2.21. The summed E-state index contributed by atoms with van der Waals surface area (Å²) in [6.45, 7) is 3.31. The van der Waals surface area contributed by atoms with Crippen molar-refractivity contribution in [3.8, 4) is 0 Å². The summed E-state index contributed by atoms with van der Waals surface area (Å²) >= 11 is 0. The molecule has 1 amide bonds. The fourth-order valence-electron chi connectivity index (χ4n) is 4.35. The Morgan fingerprint density at radius 1 is 1.10 bits per heavy atom. The minimum Gasteiger partial charge on any atom is -0.381 e. The second-order valence-electron chi connectivity index (χ2n) is 8.31. The van der Waals surface area contributed by atoms with Crippen molar-refractivity contribution in [2.24, 2.45) is 5.92 Å². The lowest BCUT2D eigenvalue weighted by atomic mass is 10.0. The van der Waals surface area contributed by atoms with Gasteiger partial charge in [-0.3, -0.25) is 4.79 Å².